The maximum absolute atomic E-state index is 3.80. The van der Waals surface area contributed by atoms with Gasteiger partial charge in [0.05, 0.1) is 0 Å². The first-order chi connectivity index (χ1) is 16.2. The Labute approximate surface area is 221 Å². The average Bonchev–Trinajstić information content (AvgIpc) is 2.73. The Morgan fingerprint density at radius 2 is 0.765 bits per heavy atom. The van der Waals surface area contributed by atoms with E-state index in [0.717, 1.165) is 8.95 Å². The summed E-state index contributed by atoms with van der Waals surface area (Å²) in [5.74, 6) is 0. The second-order valence-corrected chi connectivity index (χ2v) is 11.9. The van der Waals surface area contributed by atoms with Gasteiger partial charge in [-0.2, -0.15) is 0 Å². The molecule has 0 nitrogen and oxygen atoms in total. The Morgan fingerprint density at radius 1 is 0.441 bits per heavy atom. The van der Waals surface area contributed by atoms with Crippen molar-refractivity contribution in [2.75, 3.05) is 0 Å². The van der Waals surface area contributed by atoms with Gasteiger partial charge in [0.2, 0.25) is 13.4 Å². The SMILES string of the molecule is Cc1cc(C)c(B2c3ccc(Br)cc3B(c3c(C)cc(C)cc3C)c3cc(Br)ccc32)c(C)c1. The van der Waals surface area contributed by atoms with Gasteiger partial charge in [0.1, 0.15) is 0 Å². The molecule has 0 amide bonds. The maximum Gasteiger partial charge on any atom is 0.240 e. The molecule has 1 aliphatic heterocycles. The summed E-state index contributed by atoms with van der Waals surface area (Å²) in [6, 6.07) is 23.2. The van der Waals surface area contributed by atoms with Crippen molar-refractivity contribution >= 4 is 78.1 Å². The number of aryl methyl sites for hydroxylation is 6. The summed E-state index contributed by atoms with van der Waals surface area (Å²) in [6.45, 7) is 13.9. The molecule has 0 unspecified atom stereocenters. The van der Waals surface area contributed by atoms with E-state index in [1.807, 2.05) is 0 Å². The van der Waals surface area contributed by atoms with Gasteiger partial charge in [-0.1, -0.05) is 147 Å². The van der Waals surface area contributed by atoms with Crippen LogP contribution in [-0.4, -0.2) is 13.4 Å². The normalized spacial score (nSPS) is 12.6. The van der Waals surface area contributed by atoms with E-state index in [9.17, 15) is 0 Å². The highest BCUT2D eigenvalue weighted by Gasteiger charge is 2.40. The first-order valence-corrected chi connectivity index (χ1v) is 13.5. The van der Waals surface area contributed by atoms with Crippen LogP contribution in [0, 0.1) is 41.5 Å². The highest BCUT2D eigenvalue weighted by molar-refractivity contribution is 9.10. The number of benzene rings is 4. The van der Waals surface area contributed by atoms with E-state index in [2.05, 4.69) is 134 Å². The first-order valence-electron chi connectivity index (χ1n) is 11.9. The molecule has 1 aliphatic rings. The number of hydrogen-bond acceptors (Lipinski definition) is 0. The van der Waals surface area contributed by atoms with Crippen LogP contribution in [0.15, 0.2) is 69.6 Å². The van der Waals surface area contributed by atoms with Gasteiger partial charge in [-0.15, -0.1) is 0 Å². The van der Waals surface area contributed by atoms with Gasteiger partial charge >= 0.3 is 0 Å². The van der Waals surface area contributed by atoms with E-state index in [1.165, 1.54) is 66.2 Å². The molecule has 34 heavy (non-hydrogen) atoms. The molecule has 0 atom stereocenters. The Bertz CT molecular complexity index is 1360. The lowest BCUT2D eigenvalue weighted by molar-refractivity contribution is 1.35. The Balaban J connectivity index is 1.89. The minimum absolute atomic E-state index is 0.197. The van der Waals surface area contributed by atoms with E-state index in [-0.39, 0.29) is 13.4 Å². The van der Waals surface area contributed by atoms with Crippen molar-refractivity contribution in [1.82, 2.24) is 0 Å². The lowest BCUT2D eigenvalue weighted by Gasteiger charge is -2.35. The van der Waals surface area contributed by atoms with Crippen LogP contribution in [0.25, 0.3) is 0 Å². The van der Waals surface area contributed by atoms with Gasteiger partial charge in [-0.05, 0) is 53.7 Å². The van der Waals surface area contributed by atoms with Gasteiger partial charge in [0.15, 0.2) is 0 Å². The van der Waals surface area contributed by atoms with Crippen LogP contribution >= 0.6 is 31.9 Å². The van der Waals surface area contributed by atoms with Crippen LogP contribution in [0.3, 0.4) is 0 Å². The lowest BCUT2D eigenvalue weighted by Crippen LogP contribution is -2.75. The van der Waals surface area contributed by atoms with Crippen LogP contribution in [-0.2, 0) is 0 Å². The molecule has 0 N–H and O–H groups in total. The summed E-state index contributed by atoms with van der Waals surface area (Å²) in [4.78, 5) is 0. The average molecular weight is 570 g/mol. The topological polar surface area (TPSA) is 0 Å². The fourth-order valence-electron chi connectivity index (χ4n) is 6.37. The second-order valence-electron chi connectivity index (χ2n) is 10.0. The van der Waals surface area contributed by atoms with E-state index in [4.69, 9.17) is 0 Å². The molecule has 0 spiro atoms. The van der Waals surface area contributed by atoms with Crippen molar-refractivity contribution in [2.24, 2.45) is 0 Å². The van der Waals surface area contributed by atoms with E-state index >= 15 is 0 Å². The third-order valence-corrected chi connectivity index (χ3v) is 8.38. The Kier molecular flexibility index (Phi) is 6.19. The molecule has 0 fully saturated rings. The molecule has 1 heterocycles. The van der Waals surface area contributed by atoms with E-state index in [1.54, 1.807) is 0 Å². The number of halogens is 2. The van der Waals surface area contributed by atoms with Crippen LogP contribution in [0.2, 0.25) is 0 Å². The zero-order valence-corrected chi connectivity index (χ0v) is 23.9. The molecule has 4 heteroatoms. The van der Waals surface area contributed by atoms with Crippen LogP contribution in [0.5, 0.6) is 0 Å². The first kappa shape index (κ1) is 23.7. The third kappa shape index (κ3) is 3.93. The largest absolute Gasteiger partial charge is 0.240 e. The summed E-state index contributed by atoms with van der Waals surface area (Å²) in [6.07, 6.45) is 0. The molecule has 4 aromatic carbocycles. The van der Waals surface area contributed by atoms with Crippen molar-refractivity contribution in [3.8, 4) is 0 Å². The molecule has 0 saturated carbocycles. The lowest BCUT2D eigenvalue weighted by atomic mass is 9.20. The zero-order valence-electron chi connectivity index (χ0n) is 20.7. The van der Waals surface area contributed by atoms with E-state index < -0.39 is 0 Å². The van der Waals surface area contributed by atoms with Crippen molar-refractivity contribution in [1.29, 1.82) is 0 Å². The molecule has 0 bridgehead atoms. The summed E-state index contributed by atoms with van der Waals surface area (Å²) in [7, 11) is 0. The van der Waals surface area contributed by atoms with Gasteiger partial charge in [-0.25, -0.2) is 0 Å². The van der Waals surface area contributed by atoms with Gasteiger partial charge < -0.3 is 0 Å². The van der Waals surface area contributed by atoms with Crippen molar-refractivity contribution in [3.63, 3.8) is 0 Å². The predicted octanol–water partition coefficient (Wildman–Crippen LogP) is 4.41. The molecule has 5 rings (SSSR count). The fraction of sp³-hybridized carbons (Fsp3) is 0.200. The molecular weight excluding hydrogens is 542 g/mol. The molecule has 0 aromatic heterocycles. The molecule has 0 radical (unpaired) electrons. The molecule has 4 aromatic rings. The van der Waals surface area contributed by atoms with Crippen molar-refractivity contribution in [3.05, 3.63) is 103 Å². The van der Waals surface area contributed by atoms with Crippen molar-refractivity contribution in [2.45, 2.75) is 41.5 Å². The predicted molar refractivity (Wildman–Crippen MR) is 159 cm³/mol. The molecule has 168 valence electrons. The number of rotatable bonds is 2. The summed E-state index contributed by atoms with van der Waals surface area (Å²) in [5, 5.41) is 0. The number of fused-ring (bicyclic) bond motifs is 2. The third-order valence-electron chi connectivity index (χ3n) is 7.40. The van der Waals surface area contributed by atoms with Crippen LogP contribution in [0.1, 0.15) is 33.4 Å². The van der Waals surface area contributed by atoms with Gasteiger partial charge in [0.25, 0.3) is 0 Å². The maximum atomic E-state index is 3.80. The van der Waals surface area contributed by atoms with Crippen LogP contribution in [0.4, 0.5) is 0 Å². The summed E-state index contributed by atoms with van der Waals surface area (Å²) in [5.41, 5.74) is 16.6. The smallest absolute Gasteiger partial charge is 0.0732 e. The number of hydrogen-bond donors (Lipinski definition) is 0. The quantitative estimate of drug-likeness (QED) is 0.277. The molecule has 0 saturated heterocycles. The highest BCUT2D eigenvalue weighted by Crippen LogP contribution is 2.16. The van der Waals surface area contributed by atoms with Gasteiger partial charge in [0, 0.05) is 8.95 Å². The Morgan fingerprint density at radius 3 is 1.12 bits per heavy atom. The fourth-order valence-corrected chi connectivity index (χ4v) is 7.12. The summed E-state index contributed by atoms with van der Waals surface area (Å²) >= 11 is 7.60. The highest BCUT2D eigenvalue weighted by atomic mass is 79.9. The Hall–Kier alpha value is -2.03. The van der Waals surface area contributed by atoms with Crippen molar-refractivity contribution < 1.29 is 0 Å². The molecular formula is C30H28B2Br2. The van der Waals surface area contributed by atoms with E-state index in [0.29, 0.717) is 0 Å². The minimum atomic E-state index is 0.197. The minimum Gasteiger partial charge on any atom is -0.0732 e. The standard InChI is InChI=1S/C30H28B2Br2/c1-17-11-19(3)29(20(4)12-17)31-25-9-7-23(33)15-27(25)32(28-16-24(34)8-10-26(28)31)30-21(5)13-18(2)14-22(30)6/h7-16H,1-6H3. The van der Waals surface area contributed by atoms with Crippen LogP contribution < -0.4 is 32.8 Å². The second kappa shape index (κ2) is 8.88. The monoisotopic (exact) mass is 568 g/mol. The molecule has 0 aliphatic carbocycles. The summed E-state index contributed by atoms with van der Waals surface area (Å²) < 4.78 is 2.27. The zero-order chi connectivity index (χ0) is 24.3. The van der Waals surface area contributed by atoms with Gasteiger partial charge in [-0.3, -0.25) is 0 Å².